The lowest BCUT2D eigenvalue weighted by Crippen LogP contribution is -1.92. The smallest absolute Gasteiger partial charge is 0.271 e. The second-order valence-corrected chi connectivity index (χ2v) is 3.87. The Bertz CT molecular complexity index is 450. The standard InChI is InChI=1S/C9H10N2O3S/c1-5(12)8-10-9(14-11-8)7-6(13-2)3-4-15-7/h3-5,12H,1-2H3. The van der Waals surface area contributed by atoms with Gasteiger partial charge in [0, 0.05) is 0 Å². The molecular formula is C9H10N2O3S. The minimum Gasteiger partial charge on any atom is -0.495 e. The molecule has 5 nitrogen and oxygen atoms in total. The van der Waals surface area contributed by atoms with Gasteiger partial charge in [-0.15, -0.1) is 11.3 Å². The summed E-state index contributed by atoms with van der Waals surface area (Å²) in [4.78, 5) is 4.84. The number of nitrogens with zero attached hydrogens (tertiary/aromatic N) is 2. The Morgan fingerprint density at radius 1 is 1.60 bits per heavy atom. The van der Waals surface area contributed by atoms with Crippen LogP contribution in [-0.4, -0.2) is 22.4 Å². The van der Waals surface area contributed by atoms with Crippen molar-refractivity contribution in [2.24, 2.45) is 0 Å². The lowest BCUT2D eigenvalue weighted by molar-refractivity contribution is 0.184. The summed E-state index contributed by atoms with van der Waals surface area (Å²) in [6.45, 7) is 1.58. The highest BCUT2D eigenvalue weighted by Gasteiger charge is 2.16. The van der Waals surface area contributed by atoms with Gasteiger partial charge < -0.3 is 14.4 Å². The van der Waals surface area contributed by atoms with Gasteiger partial charge in [0.2, 0.25) is 0 Å². The highest BCUT2D eigenvalue weighted by atomic mass is 32.1. The largest absolute Gasteiger partial charge is 0.495 e. The van der Waals surface area contributed by atoms with Crippen molar-refractivity contribution in [2.75, 3.05) is 7.11 Å². The predicted octanol–water partition coefficient (Wildman–Crippen LogP) is 1.86. The maximum Gasteiger partial charge on any atom is 0.271 e. The molecule has 0 amide bonds. The van der Waals surface area contributed by atoms with E-state index in [1.165, 1.54) is 11.3 Å². The van der Waals surface area contributed by atoms with Crippen LogP contribution in [0.1, 0.15) is 18.9 Å². The Morgan fingerprint density at radius 2 is 2.40 bits per heavy atom. The van der Waals surface area contributed by atoms with Crippen molar-refractivity contribution in [3.8, 4) is 16.5 Å². The molecule has 0 aliphatic heterocycles. The third-order valence-corrected chi connectivity index (χ3v) is 2.74. The number of aliphatic hydroxyl groups excluding tert-OH is 1. The Kier molecular flexibility index (Phi) is 2.70. The molecule has 6 heteroatoms. The molecule has 1 unspecified atom stereocenters. The molecule has 0 radical (unpaired) electrons. The Morgan fingerprint density at radius 3 is 3.00 bits per heavy atom. The van der Waals surface area contributed by atoms with Crippen molar-refractivity contribution in [1.29, 1.82) is 0 Å². The van der Waals surface area contributed by atoms with E-state index in [4.69, 9.17) is 9.26 Å². The van der Waals surface area contributed by atoms with Crippen molar-refractivity contribution in [2.45, 2.75) is 13.0 Å². The van der Waals surface area contributed by atoms with E-state index < -0.39 is 6.10 Å². The zero-order valence-electron chi connectivity index (χ0n) is 8.30. The van der Waals surface area contributed by atoms with Gasteiger partial charge in [-0.3, -0.25) is 0 Å². The lowest BCUT2D eigenvalue weighted by Gasteiger charge is -1.96. The van der Waals surface area contributed by atoms with E-state index in [0.29, 0.717) is 11.6 Å². The number of methoxy groups -OCH3 is 1. The maximum atomic E-state index is 9.25. The summed E-state index contributed by atoms with van der Waals surface area (Å²) in [6, 6.07) is 1.83. The summed E-state index contributed by atoms with van der Waals surface area (Å²) in [5, 5.41) is 14.8. The van der Waals surface area contributed by atoms with Crippen molar-refractivity contribution in [3.63, 3.8) is 0 Å². The van der Waals surface area contributed by atoms with E-state index in [9.17, 15) is 5.11 Å². The highest BCUT2D eigenvalue weighted by Crippen LogP contribution is 2.34. The minimum absolute atomic E-state index is 0.278. The number of ether oxygens (including phenoxy) is 1. The Labute approximate surface area is 90.3 Å². The predicted molar refractivity (Wildman–Crippen MR) is 54.8 cm³/mol. The fraction of sp³-hybridized carbons (Fsp3) is 0.333. The van der Waals surface area contributed by atoms with Crippen LogP contribution in [0, 0.1) is 0 Å². The van der Waals surface area contributed by atoms with Crippen LogP contribution in [0.15, 0.2) is 16.0 Å². The Balaban J connectivity index is 2.37. The van der Waals surface area contributed by atoms with Gasteiger partial charge in [-0.2, -0.15) is 4.98 Å². The first-order valence-electron chi connectivity index (χ1n) is 4.36. The molecule has 2 heterocycles. The van der Waals surface area contributed by atoms with Crippen molar-refractivity contribution >= 4 is 11.3 Å². The van der Waals surface area contributed by atoms with Crippen LogP contribution in [0.4, 0.5) is 0 Å². The Hall–Kier alpha value is -1.40. The zero-order chi connectivity index (χ0) is 10.8. The summed E-state index contributed by atoms with van der Waals surface area (Å²) in [6.07, 6.45) is -0.728. The summed E-state index contributed by atoms with van der Waals surface area (Å²) >= 11 is 1.45. The molecule has 0 aliphatic rings. The van der Waals surface area contributed by atoms with Crippen molar-refractivity contribution in [1.82, 2.24) is 10.1 Å². The van der Waals surface area contributed by atoms with Crippen LogP contribution >= 0.6 is 11.3 Å². The van der Waals surface area contributed by atoms with Gasteiger partial charge in [0.1, 0.15) is 16.7 Å². The number of hydrogen-bond donors (Lipinski definition) is 1. The lowest BCUT2D eigenvalue weighted by atomic mass is 10.4. The van der Waals surface area contributed by atoms with Gasteiger partial charge >= 0.3 is 0 Å². The molecule has 1 atom stereocenters. The van der Waals surface area contributed by atoms with Gasteiger partial charge in [0.05, 0.1) is 7.11 Å². The summed E-state index contributed by atoms with van der Waals surface area (Å²) in [5.74, 6) is 1.35. The molecule has 0 aromatic carbocycles. The minimum atomic E-state index is -0.728. The van der Waals surface area contributed by atoms with Gasteiger partial charge in [-0.05, 0) is 18.4 Å². The average Bonchev–Trinajstić information content (AvgIpc) is 2.85. The molecule has 2 aromatic heterocycles. The van der Waals surface area contributed by atoms with Crippen LogP contribution < -0.4 is 4.74 Å². The SMILES string of the molecule is COc1ccsc1-c1nc(C(C)O)no1. The van der Waals surface area contributed by atoms with Crippen molar-refractivity contribution in [3.05, 3.63) is 17.3 Å². The molecule has 2 rings (SSSR count). The molecule has 1 N–H and O–H groups in total. The third-order valence-electron chi connectivity index (χ3n) is 1.86. The van der Waals surface area contributed by atoms with E-state index in [1.54, 1.807) is 14.0 Å². The second kappa shape index (κ2) is 4.00. The number of thiophene rings is 1. The average molecular weight is 226 g/mol. The first-order chi connectivity index (χ1) is 7.22. The van der Waals surface area contributed by atoms with Gasteiger partial charge in [0.15, 0.2) is 5.82 Å². The molecular weight excluding hydrogens is 216 g/mol. The normalized spacial score (nSPS) is 12.7. The summed E-state index contributed by atoms with van der Waals surface area (Å²) in [7, 11) is 1.58. The van der Waals surface area contributed by atoms with Crippen LogP contribution in [0.3, 0.4) is 0 Å². The number of hydrogen-bond acceptors (Lipinski definition) is 6. The van der Waals surface area contributed by atoms with E-state index in [1.807, 2.05) is 11.4 Å². The van der Waals surface area contributed by atoms with Crippen LogP contribution in [-0.2, 0) is 0 Å². The summed E-state index contributed by atoms with van der Waals surface area (Å²) < 4.78 is 10.2. The molecule has 0 saturated heterocycles. The quantitative estimate of drug-likeness (QED) is 0.865. The molecule has 0 aliphatic carbocycles. The van der Waals surface area contributed by atoms with E-state index in [2.05, 4.69) is 10.1 Å². The van der Waals surface area contributed by atoms with Crippen LogP contribution in [0.25, 0.3) is 10.8 Å². The maximum absolute atomic E-state index is 9.25. The van der Waals surface area contributed by atoms with Gasteiger partial charge in [0.25, 0.3) is 5.89 Å². The van der Waals surface area contributed by atoms with E-state index >= 15 is 0 Å². The van der Waals surface area contributed by atoms with Gasteiger partial charge in [-0.25, -0.2) is 0 Å². The molecule has 0 bridgehead atoms. The highest BCUT2D eigenvalue weighted by molar-refractivity contribution is 7.13. The van der Waals surface area contributed by atoms with E-state index in [-0.39, 0.29) is 5.82 Å². The molecule has 2 aromatic rings. The number of rotatable bonds is 3. The zero-order valence-corrected chi connectivity index (χ0v) is 9.11. The number of aromatic nitrogens is 2. The molecule has 0 saturated carbocycles. The number of aliphatic hydroxyl groups is 1. The van der Waals surface area contributed by atoms with E-state index in [0.717, 1.165) is 4.88 Å². The first-order valence-corrected chi connectivity index (χ1v) is 5.24. The van der Waals surface area contributed by atoms with Gasteiger partial charge in [-0.1, -0.05) is 5.16 Å². The molecule has 15 heavy (non-hydrogen) atoms. The first kappa shape index (κ1) is 10.1. The summed E-state index contributed by atoms with van der Waals surface area (Å²) in [5.41, 5.74) is 0. The fourth-order valence-electron chi connectivity index (χ4n) is 1.11. The molecule has 80 valence electrons. The van der Waals surface area contributed by atoms with Crippen LogP contribution in [0.5, 0.6) is 5.75 Å². The topological polar surface area (TPSA) is 68.4 Å². The fourth-order valence-corrected chi connectivity index (χ4v) is 1.89. The van der Waals surface area contributed by atoms with Crippen molar-refractivity contribution < 1.29 is 14.4 Å². The van der Waals surface area contributed by atoms with Crippen LogP contribution in [0.2, 0.25) is 0 Å². The second-order valence-electron chi connectivity index (χ2n) is 2.95. The third kappa shape index (κ3) is 1.86. The molecule has 0 spiro atoms. The monoisotopic (exact) mass is 226 g/mol. The molecule has 0 fully saturated rings.